The van der Waals surface area contributed by atoms with Crippen LogP contribution in [0.5, 0.6) is 11.6 Å². The van der Waals surface area contributed by atoms with Gasteiger partial charge < -0.3 is 14.2 Å². The number of aromatic nitrogens is 1. The predicted octanol–water partition coefficient (Wildman–Crippen LogP) is 5.54. The van der Waals surface area contributed by atoms with E-state index in [4.69, 9.17) is 25.8 Å². The third kappa shape index (κ3) is 3.93. The summed E-state index contributed by atoms with van der Waals surface area (Å²) in [6.07, 6.45) is 6.10. The molecule has 0 atom stereocenters. The van der Waals surface area contributed by atoms with Crippen molar-refractivity contribution in [1.29, 1.82) is 0 Å². The molecule has 26 heavy (non-hydrogen) atoms. The molecule has 4 nitrogen and oxygen atoms in total. The van der Waals surface area contributed by atoms with Crippen LogP contribution in [-0.2, 0) is 9.47 Å². The Labute approximate surface area is 158 Å². The summed E-state index contributed by atoms with van der Waals surface area (Å²) < 4.78 is 17.4. The molecule has 1 aromatic heterocycles. The number of pyridine rings is 1. The quantitative estimate of drug-likeness (QED) is 0.664. The van der Waals surface area contributed by atoms with Crippen LogP contribution < -0.4 is 4.74 Å². The van der Waals surface area contributed by atoms with Crippen LogP contribution in [0, 0.1) is 6.92 Å². The van der Waals surface area contributed by atoms with Crippen molar-refractivity contribution in [2.45, 2.75) is 38.4 Å². The Balaban J connectivity index is 1.45. The van der Waals surface area contributed by atoms with E-state index in [1.165, 1.54) is 5.57 Å². The van der Waals surface area contributed by atoms with E-state index in [0.29, 0.717) is 11.0 Å². The smallest absolute Gasteiger partial charge is 0.220 e. The molecular formula is C21H22ClNO3. The molecule has 2 aliphatic rings. The Morgan fingerprint density at radius 1 is 1.12 bits per heavy atom. The summed E-state index contributed by atoms with van der Waals surface area (Å²) in [5.74, 6) is 0.931. The zero-order valence-corrected chi connectivity index (χ0v) is 15.6. The van der Waals surface area contributed by atoms with Gasteiger partial charge in [0.05, 0.1) is 13.2 Å². The average molecular weight is 372 g/mol. The van der Waals surface area contributed by atoms with Crippen LogP contribution in [0.25, 0.3) is 6.08 Å². The number of aryl methyl sites for hydroxylation is 1. The second-order valence-corrected chi connectivity index (χ2v) is 7.20. The number of allylic oxidation sites excluding steroid dienone is 1. The highest BCUT2D eigenvalue weighted by Gasteiger charge is 2.38. The maximum Gasteiger partial charge on any atom is 0.220 e. The maximum absolute atomic E-state index is 6.07. The molecule has 1 aliphatic carbocycles. The van der Waals surface area contributed by atoms with Crippen molar-refractivity contribution in [3.8, 4) is 11.6 Å². The highest BCUT2D eigenvalue weighted by Crippen LogP contribution is 2.38. The number of halogens is 1. The lowest BCUT2D eigenvalue weighted by Gasteiger charge is -2.32. The molecule has 1 aliphatic heterocycles. The van der Waals surface area contributed by atoms with Crippen molar-refractivity contribution in [1.82, 2.24) is 4.98 Å². The zero-order valence-electron chi connectivity index (χ0n) is 14.8. The lowest BCUT2D eigenvalue weighted by atomic mass is 9.88. The molecule has 0 bridgehead atoms. The molecule has 5 heteroatoms. The number of hydrogen-bond acceptors (Lipinski definition) is 4. The molecule has 1 saturated heterocycles. The minimum atomic E-state index is -0.321. The SMILES string of the molecule is Cc1ccc(Oc2cccc(C=C3CCC4(CC3)OCCO4)c2)nc1Cl. The van der Waals surface area contributed by atoms with E-state index in [-0.39, 0.29) is 5.79 Å². The normalized spacial score (nSPS) is 18.9. The van der Waals surface area contributed by atoms with Crippen molar-refractivity contribution in [2.75, 3.05) is 13.2 Å². The van der Waals surface area contributed by atoms with Gasteiger partial charge in [0.2, 0.25) is 5.88 Å². The van der Waals surface area contributed by atoms with Gasteiger partial charge in [0.25, 0.3) is 0 Å². The number of hydrogen-bond donors (Lipinski definition) is 0. The Hall–Kier alpha value is -1.88. The molecule has 2 fully saturated rings. The second-order valence-electron chi connectivity index (χ2n) is 6.84. The fourth-order valence-electron chi connectivity index (χ4n) is 3.45. The van der Waals surface area contributed by atoms with Gasteiger partial charge in [-0.25, -0.2) is 4.98 Å². The third-order valence-electron chi connectivity index (χ3n) is 4.93. The van der Waals surface area contributed by atoms with Gasteiger partial charge in [-0.1, -0.05) is 41.4 Å². The van der Waals surface area contributed by atoms with E-state index in [1.807, 2.05) is 37.3 Å². The zero-order chi connectivity index (χ0) is 18.0. The van der Waals surface area contributed by atoms with Crippen LogP contribution in [0.1, 0.15) is 36.8 Å². The summed E-state index contributed by atoms with van der Waals surface area (Å²) in [6.45, 7) is 3.35. The summed E-state index contributed by atoms with van der Waals surface area (Å²) in [7, 11) is 0. The first-order valence-corrected chi connectivity index (χ1v) is 9.38. The van der Waals surface area contributed by atoms with Crippen LogP contribution in [0.3, 0.4) is 0 Å². The first-order chi connectivity index (χ1) is 12.6. The molecule has 0 N–H and O–H groups in total. The molecule has 1 aromatic carbocycles. The van der Waals surface area contributed by atoms with Gasteiger partial charge in [0.1, 0.15) is 10.9 Å². The Morgan fingerprint density at radius 2 is 1.88 bits per heavy atom. The van der Waals surface area contributed by atoms with E-state index < -0.39 is 0 Å². The van der Waals surface area contributed by atoms with E-state index >= 15 is 0 Å². The van der Waals surface area contributed by atoms with Crippen molar-refractivity contribution in [2.24, 2.45) is 0 Å². The molecule has 2 aromatic rings. The second kappa shape index (κ2) is 7.39. The monoisotopic (exact) mass is 371 g/mol. The molecule has 136 valence electrons. The van der Waals surface area contributed by atoms with E-state index in [9.17, 15) is 0 Å². The predicted molar refractivity (Wildman–Crippen MR) is 102 cm³/mol. The van der Waals surface area contributed by atoms with Crippen LogP contribution in [-0.4, -0.2) is 24.0 Å². The summed E-state index contributed by atoms with van der Waals surface area (Å²) in [5, 5.41) is 0.466. The molecule has 1 saturated carbocycles. The maximum atomic E-state index is 6.07. The highest BCUT2D eigenvalue weighted by atomic mass is 35.5. The van der Waals surface area contributed by atoms with Gasteiger partial charge in [-0.3, -0.25) is 0 Å². The van der Waals surface area contributed by atoms with Crippen molar-refractivity contribution in [3.63, 3.8) is 0 Å². The third-order valence-corrected chi connectivity index (χ3v) is 5.31. The Kier molecular flexibility index (Phi) is 4.98. The molecule has 0 amide bonds. The molecule has 0 unspecified atom stereocenters. The van der Waals surface area contributed by atoms with Crippen LogP contribution >= 0.6 is 11.6 Å². The van der Waals surface area contributed by atoms with Crippen LogP contribution in [0.15, 0.2) is 42.0 Å². The Bertz CT molecular complexity index is 816. The summed E-state index contributed by atoms with van der Waals surface area (Å²) in [4.78, 5) is 4.25. The van der Waals surface area contributed by atoms with E-state index in [1.54, 1.807) is 0 Å². The number of ether oxygens (including phenoxy) is 3. The molecule has 0 radical (unpaired) electrons. The lowest BCUT2D eigenvalue weighted by molar-refractivity contribution is -0.171. The Morgan fingerprint density at radius 3 is 2.62 bits per heavy atom. The van der Waals surface area contributed by atoms with Crippen LogP contribution in [0.4, 0.5) is 0 Å². The average Bonchev–Trinajstić information content (AvgIpc) is 3.09. The van der Waals surface area contributed by atoms with Gasteiger partial charge in [0, 0.05) is 18.9 Å². The number of rotatable bonds is 3. The van der Waals surface area contributed by atoms with Gasteiger partial charge in [0.15, 0.2) is 5.79 Å². The number of benzene rings is 1. The van der Waals surface area contributed by atoms with Gasteiger partial charge in [-0.15, -0.1) is 0 Å². The highest BCUT2D eigenvalue weighted by molar-refractivity contribution is 6.30. The minimum Gasteiger partial charge on any atom is -0.439 e. The summed E-state index contributed by atoms with van der Waals surface area (Å²) >= 11 is 6.07. The fourth-order valence-corrected chi connectivity index (χ4v) is 3.60. The van der Waals surface area contributed by atoms with Gasteiger partial charge >= 0.3 is 0 Å². The first-order valence-electron chi connectivity index (χ1n) is 9.00. The summed E-state index contributed by atoms with van der Waals surface area (Å²) in [5.41, 5.74) is 3.48. The van der Waals surface area contributed by atoms with Crippen molar-refractivity contribution < 1.29 is 14.2 Å². The molecule has 2 heterocycles. The van der Waals surface area contributed by atoms with Gasteiger partial charge in [-0.2, -0.15) is 0 Å². The molecular weight excluding hydrogens is 350 g/mol. The van der Waals surface area contributed by atoms with E-state index in [2.05, 4.69) is 17.1 Å². The topological polar surface area (TPSA) is 40.6 Å². The standard InChI is InChI=1S/C21H22ClNO3/c1-15-5-6-19(23-20(15)22)26-18-4-2-3-17(14-18)13-16-7-9-21(10-8-16)24-11-12-25-21/h2-6,13-14H,7-12H2,1H3. The summed E-state index contributed by atoms with van der Waals surface area (Å²) in [6, 6.07) is 11.8. The fraction of sp³-hybridized carbons (Fsp3) is 0.381. The number of nitrogens with zero attached hydrogens (tertiary/aromatic N) is 1. The van der Waals surface area contributed by atoms with Gasteiger partial charge in [-0.05, 0) is 43.0 Å². The van der Waals surface area contributed by atoms with Crippen molar-refractivity contribution in [3.05, 3.63) is 58.3 Å². The van der Waals surface area contributed by atoms with Crippen molar-refractivity contribution >= 4 is 17.7 Å². The minimum absolute atomic E-state index is 0.321. The molecule has 4 rings (SSSR count). The van der Waals surface area contributed by atoms with E-state index in [0.717, 1.165) is 55.8 Å². The van der Waals surface area contributed by atoms with Crippen LogP contribution in [0.2, 0.25) is 5.15 Å². The largest absolute Gasteiger partial charge is 0.439 e. The molecule has 1 spiro atoms. The lowest BCUT2D eigenvalue weighted by Crippen LogP contribution is -2.33. The first kappa shape index (κ1) is 17.5.